The molecule has 0 fully saturated rings. The molecule has 0 unspecified atom stereocenters. The Morgan fingerprint density at radius 3 is 2.75 bits per heavy atom. The van der Waals surface area contributed by atoms with E-state index in [-0.39, 0.29) is 5.56 Å². The lowest BCUT2D eigenvalue weighted by molar-refractivity contribution is 0.108. The minimum atomic E-state index is -0.577. The van der Waals surface area contributed by atoms with Gasteiger partial charge in [0.25, 0.3) is 5.24 Å². The first-order chi connectivity index (χ1) is 5.65. The molecule has 2 N–H and O–H groups in total. The van der Waals surface area contributed by atoms with Crippen LogP contribution in [0.4, 0.5) is 5.69 Å². The van der Waals surface area contributed by atoms with Gasteiger partial charge in [0.1, 0.15) is 5.75 Å². The van der Waals surface area contributed by atoms with Gasteiger partial charge in [0.2, 0.25) is 0 Å². The van der Waals surface area contributed by atoms with Crippen LogP contribution in [0, 0.1) is 0 Å². The van der Waals surface area contributed by atoms with E-state index in [0.717, 1.165) is 0 Å². The van der Waals surface area contributed by atoms with Crippen LogP contribution in [0.5, 0.6) is 5.75 Å². The molecule has 0 spiro atoms. The van der Waals surface area contributed by atoms with Gasteiger partial charge in [0.05, 0.1) is 12.7 Å². The number of rotatable bonds is 2. The van der Waals surface area contributed by atoms with Gasteiger partial charge in [-0.1, -0.05) is 0 Å². The molecule has 64 valence electrons. The van der Waals surface area contributed by atoms with Crippen molar-refractivity contribution in [1.82, 2.24) is 0 Å². The number of carbonyl (C=O) groups excluding carboxylic acids is 1. The number of carbonyl (C=O) groups is 1. The summed E-state index contributed by atoms with van der Waals surface area (Å²) in [5, 5.41) is -0.577. The lowest BCUT2D eigenvalue weighted by Crippen LogP contribution is -1.97. The van der Waals surface area contributed by atoms with Gasteiger partial charge in [-0.05, 0) is 29.8 Å². The molecule has 1 rings (SSSR count). The second kappa shape index (κ2) is 3.45. The summed E-state index contributed by atoms with van der Waals surface area (Å²) in [4.78, 5) is 10.8. The lowest BCUT2D eigenvalue weighted by Gasteiger charge is -2.03. The first kappa shape index (κ1) is 8.87. The van der Waals surface area contributed by atoms with Crippen molar-refractivity contribution in [1.29, 1.82) is 0 Å². The Hall–Kier alpha value is -1.22. The maximum absolute atomic E-state index is 10.8. The van der Waals surface area contributed by atoms with Crippen molar-refractivity contribution in [3.05, 3.63) is 23.8 Å². The van der Waals surface area contributed by atoms with Gasteiger partial charge in [0.15, 0.2) is 0 Å². The van der Waals surface area contributed by atoms with E-state index < -0.39 is 5.24 Å². The lowest BCUT2D eigenvalue weighted by atomic mass is 10.2. The largest absolute Gasteiger partial charge is 0.497 e. The number of nitrogens with two attached hydrogens (primary N) is 1. The van der Waals surface area contributed by atoms with Crippen molar-refractivity contribution >= 4 is 22.5 Å². The van der Waals surface area contributed by atoms with Gasteiger partial charge < -0.3 is 10.5 Å². The predicted molar refractivity (Wildman–Crippen MR) is 47.6 cm³/mol. The monoisotopic (exact) mass is 185 g/mol. The molecule has 3 nitrogen and oxygen atoms in total. The highest BCUT2D eigenvalue weighted by atomic mass is 35.5. The fraction of sp³-hybridized carbons (Fsp3) is 0.125. The van der Waals surface area contributed by atoms with Crippen LogP contribution >= 0.6 is 11.6 Å². The van der Waals surface area contributed by atoms with Crippen LogP contribution in [0.15, 0.2) is 18.2 Å². The van der Waals surface area contributed by atoms with Gasteiger partial charge in [-0.3, -0.25) is 4.79 Å². The van der Waals surface area contributed by atoms with Crippen LogP contribution in [0.1, 0.15) is 10.4 Å². The molecule has 0 aromatic heterocycles. The minimum absolute atomic E-state index is 0.274. The molecule has 0 heterocycles. The zero-order valence-corrected chi connectivity index (χ0v) is 7.26. The Labute approximate surface area is 75.1 Å². The van der Waals surface area contributed by atoms with Crippen molar-refractivity contribution in [2.45, 2.75) is 0 Å². The zero-order chi connectivity index (χ0) is 9.14. The first-order valence-corrected chi connectivity index (χ1v) is 3.66. The maximum atomic E-state index is 10.8. The quantitative estimate of drug-likeness (QED) is 0.563. The van der Waals surface area contributed by atoms with Crippen LogP contribution in [0.3, 0.4) is 0 Å². The normalized spacial score (nSPS) is 9.50. The fourth-order valence-corrected chi connectivity index (χ4v) is 0.996. The fourth-order valence-electron chi connectivity index (χ4n) is 0.833. The standard InChI is InChI=1S/C8H8ClNO2/c1-12-5-2-3-7(10)6(4-5)8(9)11/h2-4H,10H2,1H3. The van der Waals surface area contributed by atoms with E-state index in [2.05, 4.69) is 0 Å². The van der Waals surface area contributed by atoms with Crippen LogP contribution in [-0.4, -0.2) is 12.4 Å². The zero-order valence-electron chi connectivity index (χ0n) is 6.50. The molecular weight excluding hydrogens is 178 g/mol. The number of nitrogen functional groups attached to an aromatic ring is 1. The Balaban J connectivity index is 3.17. The van der Waals surface area contributed by atoms with E-state index in [1.807, 2.05) is 0 Å². The molecule has 0 saturated heterocycles. The number of benzene rings is 1. The van der Waals surface area contributed by atoms with Gasteiger partial charge >= 0.3 is 0 Å². The first-order valence-electron chi connectivity index (χ1n) is 3.28. The van der Waals surface area contributed by atoms with Gasteiger partial charge in [-0.2, -0.15) is 0 Å². The number of ether oxygens (including phenoxy) is 1. The van der Waals surface area contributed by atoms with Gasteiger partial charge in [-0.25, -0.2) is 0 Å². The molecule has 4 heteroatoms. The molecule has 12 heavy (non-hydrogen) atoms. The minimum Gasteiger partial charge on any atom is -0.497 e. The predicted octanol–water partition coefficient (Wildman–Crippen LogP) is 1.66. The third-order valence-corrected chi connectivity index (χ3v) is 1.68. The average Bonchev–Trinajstić information content (AvgIpc) is 2.05. The molecule has 0 amide bonds. The molecular formula is C8H8ClNO2. The summed E-state index contributed by atoms with van der Waals surface area (Å²) in [6.45, 7) is 0. The highest BCUT2D eigenvalue weighted by Gasteiger charge is 2.07. The number of halogens is 1. The Morgan fingerprint density at radius 1 is 1.58 bits per heavy atom. The summed E-state index contributed by atoms with van der Waals surface area (Å²) in [7, 11) is 1.51. The van der Waals surface area contributed by atoms with Crippen molar-refractivity contribution in [3.63, 3.8) is 0 Å². The van der Waals surface area contributed by atoms with Crippen molar-refractivity contribution in [2.24, 2.45) is 0 Å². The molecule has 1 aromatic rings. The van der Waals surface area contributed by atoms with E-state index >= 15 is 0 Å². The van der Waals surface area contributed by atoms with Crippen molar-refractivity contribution in [3.8, 4) is 5.75 Å². The highest BCUT2D eigenvalue weighted by molar-refractivity contribution is 6.68. The van der Waals surface area contributed by atoms with E-state index in [1.54, 1.807) is 12.1 Å². The van der Waals surface area contributed by atoms with Gasteiger partial charge in [0, 0.05) is 5.69 Å². The van der Waals surface area contributed by atoms with Crippen molar-refractivity contribution < 1.29 is 9.53 Å². The summed E-state index contributed by atoms with van der Waals surface area (Å²) < 4.78 is 4.89. The summed E-state index contributed by atoms with van der Waals surface area (Å²) >= 11 is 5.26. The molecule has 1 aromatic carbocycles. The summed E-state index contributed by atoms with van der Waals surface area (Å²) in [6, 6.07) is 4.75. The third-order valence-electron chi connectivity index (χ3n) is 1.47. The maximum Gasteiger partial charge on any atom is 0.254 e. The van der Waals surface area contributed by atoms with E-state index in [4.69, 9.17) is 22.1 Å². The number of hydrogen-bond acceptors (Lipinski definition) is 3. The molecule has 0 aliphatic carbocycles. The average molecular weight is 186 g/mol. The Bertz CT molecular complexity index is 312. The summed E-state index contributed by atoms with van der Waals surface area (Å²) in [5.41, 5.74) is 6.12. The van der Waals surface area contributed by atoms with Crippen LogP contribution < -0.4 is 10.5 Å². The molecule has 0 saturated carbocycles. The number of hydrogen-bond donors (Lipinski definition) is 1. The third kappa shape index (κ3) is 1.68. The number of anilines is 1. The molecule has 0 atom stereocenters. The Kier molecular flexibility index (Phi) is 2.55. The smallest absolute Gasteiger partial charge is 0.254 e. The summed E-state index contributed by atoms with van der Waals surface area (Å²) in [6.07, 6.45) is 0. The Morgan fingerprint density at radius 2 is 2.25 bits per heavy atom. The summed E-state index contributed by atoms with van der Waals surface area (Å²) in [5.74, 6) is 0.563. The van der Waals surface area contributed by atoms with Crippen LogP contribution in [0.25, 0.3) is 0 Å². The van der Waals surface area contributed by atoms with Crippen LogP contribution in [0.2, 0.25) is 0 Å². The highest BCUT2D eigenvalue weighted by Crippen LogP contribution is 2.20. The number of methoxy groups -OCH3 is 1. The van der Waals surface area contributed by atoms with E-state index in [9.17, 15) is 4.79 Å². The SMILES string of the molecule is COc1ccc(N)c(C(=O)Cl)c1. The van der Waals surface area contributed by atoms with Crippen molar-refractivity contribution in [2.75, 3.05) is 12.8 Å². The molecule has 0 radical (unpaired) electrons. The van der Waals surface area contributed by atoms with E-state index in [1.165, 1.54) is 13.2 Å². The van der Waals surface area contributed by atoms with E-state index in [0.29, 0.717) is 11.4 Å². The van der Waals surface area contributed by atoms with Gasteiger partial charge in [-0.15, -0.1) is 0 Å². The topological polar surface area (TPSA) is 52.3 Å². The second-order valence-electron chi connectivity index (χ2n) is 2.23. The molecule has 0 aliphatic rings. The second-order valence-corrected chi connectivity index (χ2v) is 2.57. The molecule has 0 bridgehead atoms. The van der Waals surface area contributed by atoms with Crippen LogP contribution in [-0.2, 0) is 0 Å². The molecule has 0 aliphatic heterocycles.